The maximum atomic E-state index is 2.55. The molecule has 0 aromatic heterocycles. The normalized spacial score (nSPS) is 12.0. The summed E-state index contributed by atoms with van der Waals surface area (Å²) in [5, 5.41) is 19.3. The molecule has 12 aromatic rings. The fourth-order valence-electron chi connectivity index (χ4n) is 10.2. The van der Waals surface area contributed by atoms with Crippen molar-refractivity contribution in [3.05, 3.63) is 237 Å². The lowest BCUT2D eigenvalue weighted by molar-refractivity contribution is 1.67. The van der Waals surface area contributed by atoms with Crippen LogP contribution in [0.3, 0.4) is 0 Å². The Morgan fingerprint density at radius 2 is 0.452 bits per heavy atom. The van der Waals surface area contributed by atoms with Crippen molar-refractivity contribution in [2.45, 2.75) is 0 Å². The van der Waals surface area contributed by atoms with Gasteiger partial charge in [0.15, 0.2) is 0 Å². The third kappa shape index (κ3) is 5.87. The summed E-state index contributed by atoms with van der Waals surface area (Å²) in [5.41, 5.74) is 7.61. The van der Waals surface area contributed by atoms with Gasteiger partial charge < -0.3 is 0 Å². The lowest BCUT2D eigenvalue weighted by atomic mass is 9.92. The number of benzene rings is 12. The molecular weight excluding hydrogens is 764 g/mol. The van der Waals surface area contributed by atoms with E-state index in [1.54, 1.807) is 0 Å². The average molecular weight is 806 g/mol. The molecule has 0 aliphatic carbocycles. The van der Waals surface area contributed by atoms with Gasteiger partial charge in [-0.3, -0.25) is 0 Å². The molecule has 0 fully saturated rings. The number of hydrogen-bond acceptors (Lipinski definition) is 0. The van der Waals surface area contributed by atoms with Crippen LogP contribution in [0.2, 0.25) is 0 Å². The number of rotatable bonds is 6. The highest BCUT2D eigenvalue weighted by atomic mass is 31.2. The van der Waals surface area contributed by atoms with Crippen LogP contribution in [0.5, 0.6) is 0 Å². The maximum Gasteiger partial charge on any atom is 0.109 e. The zero-order valence-electron chi connectivity index (χ0n) is 34.5. The summed E-state index contributed by atoms with van der Waals surface area (Å²) in [6, 6.07) is 88.7. The first-order valence-corrected chi connectivity index (χ1v) is 23.8. The van der Waals surface area contributed by atoms with Gasteiger partial charge in [0.2, 0.25) is 0 Å². The minimum atomic E-state index is -2.33. The summed E-state index contributed by atoms with van der Waals surface area (Å²) in [7, 11) is -2.33. The molecule has 0 spiro atoms. The highest BCUT2D eigenvalue weighted by molar-refractivity contribution is 7.95. The molecule has 290 valence electrons. The predicted molar refractivity (Wildman–Crippen MR) is 272 cm³/mol. The molecule has 0 unspecified atom stereocenters. The van der Waals surface area contributed by atoms with Crippen LogP contribution >= 0.6 is 7.26 Å². The SMILES string of the molecule is C[P+](c1cccc(-c2c3ccccc3cc3ccccc23)c1)(c1cccc(-c2c3ccccc3cc3ccccc23)c1)c1cccc(-c2c3ccccc3cc3ccccc23)c1. The van der Waals surface area contributed by atoms with Crippen LogP contribution in [0.25, 0.3) is 98.0 Å². The second kappa shape index (κ2) is 14.7. The van der Waals surface area contributed by atoms with Gasteiger partial charge >= 0.3 is 0 Å². The van der Waals surface area contributed by atoms with E-state index in [1.165, 1.54) is 114 Å². The Bertz CT molecular complexity index is 3170. The van der Waals surface area contributed by atoms with Gasteiger partial charge in [-0.15, -0.1) is 0 Å². The van der Waals surface area contributed by atoms with Crippen LogP contribution in [0.1, 0.15) is 0 Å². The second-order valence-corrected chi connectivity index (χ2v) is 20.3. The van der Waals surface area contributed by atoms with Crippen LogP contribution in [0.4, 0.5) is 0 Å². The fraction of sp³-hybridized carbons (Fsp3) is 0.0164. The van der Waals surface area contributed by atoms with Gasteiger partial charge in [-0.2, -0.15) is 0 Å². The summed E-state index contributed by atoms with van der Waals surface area (Å²) in [5.74, 6) is 0. The molecule has 62 heavy (non-hydrogen) atoms. The molecule has 0 saturated heterocycles. The Hall–Kier alpha value is -7.37. The molecule has 0 saturated carbocycles. The molecule has 0 bridgehead atoms. The van der Waals surface area contributed by atoms with Crippen LogP contribution in [-0.4, -0.2) is 6.66 Å². The van der Waals surface area contributed by atoms with Gasteiger partial charge in [0.1, 0.15) is 23.2 Å². The minimum Gasteiger partial charge on any atom is -0.0616 e. The Balaban J connectivity index is 1.13. The Morgan fingerprint density at radius 3 is 0.694 bits per heavy atom. The lowest BCUT2D eigenvalue weighted by Gasteiger charge is -2.25. The molecule has 0 nitrogen and oxygen atoms in total. The molecule has 0 heterocycles. The van der Waals surface area contributed by atoms with E-state index in [4.69, 9.17) is 0 Å². The highest BCUT2D eigenvalue weighted by Gasteiger charge is 2.41. The summed E-state index contributed by atoms with van der Waals surface area (Å²) in [6.07, 6.45) is 0. The third-order valence-electron chi connectivity index (χ3n) is 13.3. The first kappa shape index (κ1) is 36.5. The zero-order valence-corrected chi connectivity index (χ0v) is 35.4. The molecule has 12 rings (SSSR count). The van der Waals surface area contributed by atoms with E-state index in [0.29, 0.717) is 0 Å². The molecule has 0 N–H and O–H groups in total. The van der Waals surface area contributed by atoms with E-state index in [9.17, 15) is 0 Å². The summed E-state index contributed by atoms with van der Waals surface area (Å²) in [4.78, 5) is 0. The molecular formula is C61H42P+. The maximum absolute atomic E-state index is 2.55. The standard InChI is InChI=1S/C61H42P/c1-62(50-26-14-23-47(38-50)59-53-29-8-2-17-41(53)35-42-18-3-9-30-54(42)59,51-27-15-24-48(39-51)60-55-31-10-4-19-43(55)36-44-20-5-11-32-56(44)60)52-28-16-25-49(40-52)61-57-33-12-6-21-45(57)37-46-22-7-13-34-58(46)61/h2-40H,1H3/q+1. The molecule has 0 atom stereocenters. The van der Waals surface area contributed by atoms with Gasteiger partial charge in [-0.05, 0) is 153 Å². The van der Waals surface area contributed by atoms with Gasteiger partial charge in [0, 0.05) is 0 Å². The first-order valence-electron chi connectivity index (χ1n) is 21.5. The predicted octanol–water partition coefficient (Wildman–Crippen LogP) is 15.5. The Morgan fingerprint density at radius 1 is 0.226 bits per heavy atom. The topological polar surface area (TPSA) is 0 Å². The third-order valence-corrected chi connectivity index (χ3v) is 17.2. The largest absolute Gasteiger partial charge is 0.109 e. The van der Waals surface area contributed by atoms with Crippen molar-refractivity contribution >= 4 is 87.8 Å². The zero-order chi connectivity index (χ0) is 41.2. The average Bonchev–Trinajstić information content (AvgIpc) is 3.34. The van der Waals surface area contributed by atoms with Crippen molar-refractivity contribution in [2.75, 3.05) is 6.66 Å². The van der Waals surface area contributed by atoms with Gasteiger partial charge in [-0.1, -0.05) is 182 Å². The van der Waals surface area contributed by atoms with Crippen molar-refractivity contribution in [2.24, 2.45) is 0 Å². The summed E-state index contributed by atoms with van der Waals surface area (Å²) < 4.78 is 0. The van der Waals surface area contributed by atoms with Crippen LogP contribution in [-0.2, 0) is 0 Å². The quantitative estimate of drug-likeness (QED) is 0.116. The lowest BCUT2D eigenvalue weighted by Crippen LogP contribution is -2.30. The van der Waals surface area contributed by atoms with E-state index in [0.717, 1.165) is 0 Å². The second-order valence-electron chi connectivity index (χ2n) is 16.7. The van der Waals surface area contributed by atoms with E-state index < -0.39 is 7.26 Å². The first-order chi connectivity index (χ1) is 30.6. The van der Waals surface area contributed by atoms with Crippen LogP contribution in [0, 0.1) is 0 Å². The molecule has 0 aliphatic rings. The number of fused-ring (bicyclic) bond motifs is 6. The van der Waals surface area contributed by atoms with Crippen molar-refractivity contribution in [1.29, 1.82) is 0 Å². The van der Waals surface area contributed by atoms with E-state index >= 15 is 0 Å². The fourth-order valence-corrected chi connectivity index (χ4v) is 13.5. The van der Waals surface area contributed by atoms with E-state index in [-0.39, 0.29) is 0 Å². The Labute approximate surface area is 362 Å². The van der Waals surface area contributed by atoms with Gasteiger partial charge in [0.05, 0.1) is 6.66 Å². The molecule has 0 amide bonds. The minimum absolute atomic E-state index is 1.24. The smallest absolute Gasteiger partial charge is 0.0616 e. The summed E-state index contributed by atoms with van der Waals surface area (Å²) in [6.45, 7) is 2.55. The van der Waals surface area contributed by atoms with Crippen molar-refractivity contribution in [1.82, 2.24) is 0 Å². The molecule has 0 aliphatic heterocycles. The molecule has 1 heteroatoms. The van der Waals surface area contributed by atoms with Crippen molar-refractivity contribution < 1.29 is 0 Å². The monoisotopic (exact) mass is 805 g/mol. The summed E-state index contributed by atoms with van der Waals surface area (Å²) >= 11 is 0. The van der Waals surface area contributed by atoms with Crippen LogP contribution in [0.15, 0.2) is 237 Å². The van der Waals surface area contributed by atoms with Crippen molar-refractivity contribution in [3.63, 3.8) is 0 Å². The van der Waals surface area contributed by atoms with Gasteiger partial charge in [0.25, 0.3) is 0 Å². The highest BCUT2D eigenvalue weighted by Crippen LogP contribution is 2.54. The van der Waals surface area contributed by atoms with E-state index in [1.807, 2.05) is 0 Å². The Kier molecular flexibility index (Phi) is 8.63. The van der Waals surface area contributed by atoms with Crippen LogP contribution < -0.4 is 15.9 Å². The van der Waals surface area contributed by atoms with Gasteiger partial charge in [-0.25, -0.2) is 0 Å². The van der Waals surface area contributed by atoms with Crippen molar-refractivity contribution in [3.8, 4) is 33.4 Å². The molecule has 12 aromatic carbocycles. The van der Waals surface area contributed by atoms with E-state index in [2.05, 4.69) is 243 Å². The number of hydrogen-bond donors (Lipinski definition) is 0. The molecule has 0 radical (unpaired) electrons.